The molecule has 2 aromatic carbocycles. The zero-order valence-electron chi connectivity index (χ0n) is 18.3. The first-order valence-electron chi connectivity index (χ1n) is 11.3. The number of aromatic nitrogens is 1. The smallest absolute Gasteiger partial charge is 0.255 e. The normalized spacial score (nSPS) is 19.9. The number of carbonyl (C=O) groups is 1. The van der Waals surface area contributed by atoms with Gasteiger partial charge in [0.1, 0.15) is 11.6 Å². The molecular formula is C26H26F2N4O. The SMILES string of the molecule is O=C(NCc1ccccc1)c1cncc(-c2cc(F)cc(F)c2)c1N1CCC2(CCCN2)C1. The van der Waals surface area contributed by atoms with E-state index in [9.17, 15) is 13.6 Å². The van der Waals surface area contributed by atoms with Crippen LogP contribution in [0.25, 0.3) is 11.1 Å². The van der Waals surface area contributed by atoms with Crippen molar-refractivity contribution in [2.45, 2.75) is 31.3 Å². The van der Waals surface area contributed by atoms with Gasteiger partial charge in [-0.3, -0.25) is 9.78 Å². The van der Waals surface area contributed by atoms with Gasteiger partial charge in [0.05, 0.1) is 11.3 Å². The van der Waals surface area contributed by atoms with E-state index < -0.39 is 11.6 Å². The summed E-state index contributed by atoms with van der Waals surface area (Å²) >= 11 is 0. The monoisotopic (exact) mass is 448 g/mol. The molecule has 5 nitrogen and oxygen atoms in total. The lowest BCUT2D eigenvalue weighted by Crippen LogP contribution is -2.42. The quantitative estimate of drug-likeness (QED) is 0.612. The minimum absolute atomic E-state index is 0.0194. The van der Waals surface area contributed by atoms with Crippen LogP contribution in [0.5, 0.6) is 0 Å². The maximum atomic E-state index is 14.1. The van der Waals surface area contributed by atoms with Crippen molar-refractivity contribution in [3.05, 3.63) is 83.7 Å². The molecule has 2 aliphatic rings. The Morgan fingerprint density at radius 3 is 2.61 bits per heavy atom. The number of anilines is 1. The first kappa shape index (κ1) is 21.5. The summed E-state index contributed by atoms with van der Waals surface area (Å²) in [4.78, 5) is 19.7. The number of amides is 1. The Labute approximate surface area is 191 Å². The summed E-state index contributed by atoms with van der Waals surface area (Å²) in [5, 5.41) is 6.60. The fourth-order valence-corrected chi connectivity index (χ4v) is 5.03. The van der Waals surface area contributed by atoms with Crippen LogP contribution in [0.1, 0.15) is 35.2 Å². The van der Waals surface area contributed by atoms with Crippen molar-refractivity contribution < 1.29 is 13.6 Å². The van der Waals surface area contributed by atoms with Crippen LogP contribution in [-0.2, 0) is 6.54 Å². The summed E-state index contributed by atoms with van der Waals surface area (Å²) in [5.41, 5.74) is 3.00. The third-order valence-electron chi connectivity index (χ3n) is 6.63. The van der Waals surface area contributed by atoms with Crippen molar-refractivity contribution in [1.82, 2.24) is 15.6 Å². The van der Waals surface area contributed by atoms with Crippen molar-refractivity contribution >= 4 is 11.6 Å². The number of rotatable bonds is 5. The molecule has 1 amide bonds. The average Bonchev–Trinajstić information content (AvgIpc) is 3.46. The molecule has 33 heavy (non-hydrogen) atoms. The molecule has 1 atom stereocenters. The summed E-state index contributed by atoms with van der Waals surface area (Å²) < 4.78 is 28.1. The molecule has 7 heteroatoms. The van der Waals surface area contributed by atoms with Gasteiger partial charge in [0.2, 0.25) is 0 Å². The second-order valence-corrected chi connectivity index (χ2v) is 8.89. The van der Waals surface area contributed by atoms with Crippen molar-refractivity contribution in [3.8, 4) is 11.1 Å². The number of nitrogens with zero attached hydrogens (tertiary/aromatic N) is 2. The maximum absolute atomic E-state index is 14.1. The van der Waals surface area contributed by atoms with Gasteiger partial charge in [-0.2, -0.15) is 0 Å². The minimum atomic E-state index is -0.662. The van der Waals surface area contributed by atoms with E-state index in [1.807, 2.05) is 30.3 Å². The van der Waals surface area contributed by atoms with Gasteiger partial charge in [-0.15, -0.1) is 0 Å². The highest BCUT2D eigenvalue weighted by Crippen LogP contribution is 2.40. The van der Waals surface area contributed by atoms with Gasteiger partial charge >= 0.3 is 0 Å². The molecule has 2 fully saturated rings. The van der Waals surface area contributed by atoms with E-state index in [0.717, 1.165) is 50.5 Å². The van der Waals surface area contributed by atoms with Gasteiger partial charge in [0.25, 0.3) is 5.91 Å². The molecule has 3 aromatic rings. The first-order valence-corrected chi connectivity index (χ1v) is 11.3. The second kappa shape index (κ2) is 8.90. The van der Waals surface area contributed by atoms with Gasteiger partial charge in [-0.05, 0) is 49.1 Å². The van der Waals surface area contributed by atoms with Crippen LogP contribution in [-0.4, -0.2) is 36.1 Å². The van der Waals surface area contributed by atoms with Crippen LogP contribution in [0.15, 0.2) is 60.9 Å². The maximum Gasteiger partial charge on any atom is 0.255 e. The van der Waals surface area contributed by atoms with E-state index in [2.05, 4.69) is 20.5 Å². The van der Waals surface area contributed by atoms with Gasteiger partial charge in [-0.1, -0.05) is 30.3 Å². The van der Waals surface area contributed by atoms with Crippen LogP contribution in [0.4, 0.5) is 14.5 Å². The average molecular weight is 449 g/mol. The third kappa shape index (κ3) is 4.46. The molecular weight excluding hydrogens is 422 g/mol. The standard InChI is InChI=1S/C26H26F2N4O/c27-20-11-19(12-21(28)13-20)22-15-29-16-23(25(33)30-14-18-5-2-1-3-6-18)24(22)32-10-8-26(17-32)7-4-9-31-26/h1-3,5-6,11-13,15-16,31H,4,7-10,14,17H2,(H,30,33). The van der Waals surface area contributed by atoms with Crippen LogP contribution in [0.2, 0.25) is 0 Å². The number of hydrogen-bond donors (Lipinski definition) is 2. The van der Waals surface area contributed by atoms with Crippen molar-refractivity contribution in [3.63, 3.8) is 0 Å². The van der Waals surface area contributed by atoms with Crippen LogP contribution in [0.3, 0.4) is 0 Å². The molecule has 1 unspecified atom stereocenters. The van der Waals surface area contributed by atoms with E-state index in [-0.39, 0.29) is 11.4 Å². The zero-order valence-corrected chi connectivity index (χ0v) is 18.3. The Morgan fingerprint density at radius 2 is 1.88 bits per heavy atom. The van der Waals surface area contributed by atoms with Gasteiger partial charge in [0.15, 0.2) is 0 Å². The molecule has 2 N–H and O–H groups in total. The predicted molar refractivity (Wildman–Crippen MR) is 124 cm³/mol. The lowest BCUT2D eigenvalue weighted by atomic mass is 9.96. The molecule has 2 saturated heterocycles. The highest BCUT2D eigenvalue weighted by atomic mass is 19.1. The van der Waals surface area contributed by atoms with Crippen molar-refractivity contribution in [2.75, 3.05) is 24.5 Å². The summed E-state index contributed by atoms with van der Waals surface area (Å²) in [6, 6.07) is 13.1. The van der Waals surface area contributed by atoms with E-state index in [4.69, 9.17) is 0 Å². The molecule has 0 saturated carbocycles. The van der Waals surface area contributed by atoms with E-state index in [0.29, 0.717) is 28.9 Å². The zero-order chi connectivity index (χ0) is 22.8. The van der Waals surface area contributed by atoms with E-state index in [1.54, 1.807) is 12.4 Å². The van der Waals surface area contributed by atoms with Crippen LogP contribution in [0, 0.1) is 11.6 Å². The van der Waals surface area contributed by atoms with E-state index in [1.165, 1.54) is 12.1 Å². The van der Waals surface area contributed by atoms with Crippen molar-refractivity contribution in [1.29, 1.82) is 0 Å². The van der Waals surface area contributed by atoms with Crippen LogP contribution < -0.4 is 15.5 Å². The Balaban J connectivity index is 1.53. The number of pyridine rings is 1. The summed E-state index contributed by atoms with van der Waals surface area (Å²) in [6.07, 6.45) is 6.29. The Kier molecular flexibility index (Phi) is 5.81. The van der Waals surface area contributed by atoms with E-state index >= 15 is 0 Å². The molecule has 170 valence electrons. The predicted octanol–water partition coefficient (Wildman–Crippen LogP) is 4.29. The molecule has 5 rings (SSSR count). The second-order valence-electron chi connectivity index (χ2n) is 8.89. The number of hydrogen-bond acceptors (Lipinski definition) is 4. The highest BCUT2D eigenvalue weighted by molar-refractivity contribution is 6.03. The minimum Gasteiger partial charge on any atom is -0.368 e. The molecule has 1 aromatic heterocycles. The number of carbonyl (C=O) groups excluding carboxylic acids is 1. The summed E-state index contributed by atoms with van der Waals surface area (Å²) in [7, 11) is 0. The Morgan fingerprint density at radius 1 is 1.09 bits per heavy atom. The molecule has 0 bridgehead atoms. The first-order chi connectivity index (χ1) is 16.0. The van der Waals surface area contributed by atoms with Gasteiger partial charge in [-0.25, -0.2) is 8.78 Å². The fraction of sp³-hybridized carbons (Fsp3) is 0.308. The summed E-state index contributed by atoms with van der Waals surface area (Å²) in [6.45, 7) is 2.85. The number of nitrogens with one attached hydrogen (secondary N) is 2. The molecule has 0 aliphatic carbocycles. The number of benzene rings is 2. The lowest BCUT2D eigenvalue weighted by Gasteiger charge is -2.28. The Bertz CT molecular complexity index is 1140. The Hall–Kier alpha value is -3.32. The molecule has 0 radical (unpaired) electrons. The topological polar surface area (TPSA) is 57.3 Å². The molecule has 3 heterocycles. The van der Waals surface area contributed by atoms with Gasteiger partial charge < -0.3 is 15.5 Å². The third-order valence-corrected chi connectivity index (χ3v) is 6.63. The number of halogens is 2. The molecule has 2 aliphatic heterocycles. The lowest BCUT2D eigenvalue weighted by molar-refractivity contribution is 0.0951. The van der Waals surface area contributed by atoms with Crippen LogP contribution >= 0.6 is 0 Å². The largest absolute Gasteiger partial charge is 0.368 e. The van der Waals surface area contributed by atoms with Crippen molar-refractivity contribution in [2.24, 2.45) is 0 Å². The van der Waals surface area contributed by atoms with Gasteiger partial charge in [0, 0.05) is 49.2 Å². The highest BCUT2D eigenvalue weighted by Gasteiger charge is 2.41. The summed E-state index contributed by atoms with van der Waals surface area (Å²) in [5.74, 6) is -1.59. The molecule has 1 spiro atoms. The fourth-order valence-electron chi connectivity index (χ4n) is 5.03.